The van der Waals surface area contributed by atoms with Crippen LogP contribution in [0.5, 0.6) is 0 Å². The highest BCUT2D eigenvalue weighted by atomic mass is 19.4. The van der Waals surface area contributed by atoms with Crippen molar-refractivity contribution in [2.24, 2.45) is 0 Å². The van der Waals surface area contributed by atoms with Crippen LogP contribution in [0.1, 0.15) is 27.0 Å². The number of amides is 1. The second-order valence-corrected chi connectivity index (χ2v) is 5.01. The average Bonchev–Trinajstić information content (AvgIpc) is 2.53. The van der Waals surface area contributed by atoms with E-state index in [0.717, 1.165) is 17.7 Å². The molecule has 0 saturated carbocycles. The SMILES string of the molecule is COCc1cccc(C(=O)NCc2ccc(C(F)(F)F)cc2)c1. The zero-order chi connectivity index (χ0) is 16.9. The number of halogens is 3. The number of benzene rings is 2. The molecule has 1 N–H and O–H groups in total. The molecule has 2 aromatic rings. The zero-order valence-electron chi connectivity index (χ0n) is 12.5. The summed E-state index contributed by atoms with van der Waals surface area (Å²) in [5.74, 6) is -0.289. The first kappa shape index (κ1) is 17.0. The molecule has 0 heterocycles. The molecule has 2 rings (SSSR count). The Morgan fingerprint density at radius 1 is 1.09 bits per heavy atom. The molecule has 122 valence electrons. The molecular weight excluding hydrogens is 307 g/mol. The first-order chi connectivity index (χ1) is 10.9. The van der Waals surface area contributed by atoms with Gasteiger partial charge in [0.1, 0.15) is 0 Å². The average molecular weight is 323 g/mol. The summed E-state index contributed by atoms with van der Waals surface area (Å²) >= 11 is 0. The third-order valence-corrected chi connectivity index (χ3v) is 3.23. The molecule has 0 spiro atoms. The molecule has 0 bridgehead atoms. The van der Waals surface area contributed by atoms with E-state index in [0.29, 0.717) is 17.7 Å². The smallest absolute Gasteiger partial charge is 0.380 e. The van der Waals surface area contributed by atoms with Crippen molar-refractivity contribution in [3.05, 3.63) is 70.8 Å². The molecule has 0 fully saturated rings. The standard InChI is InChI=1S/C17H16F3NO2/c1-23-11-13-3-2-4-14(9-13)16(22)21-10-12-5-7-15(8-6-12)17(18,19)20/h2-9H,10-11H2,1H3,(H,21,22). The highest BCUT2D eigenvalue weighted by molar-refractivity contribution is 5.94. The predicted molar refractivity (Wildman–Crippen MR) is 79.8 cm³/mol. The maximum Gasteiger partial charge on any atom is 0.416 e. The van der Waals surface area contributed by atoms with E-state index in [2.05, 4.69) is 5.32 Å². The third-order valence-electron chi connectivity index (χ3n) is 3.23. The van der Waals surface area contributed by atoms with E-state index in [-0.39, 0.29) is 12.5 Å². The van der Waals surface area contributed by atoms with E-state index in [1.165, 1.54) is 12.1 Å². The second kappa shape index (κ2) is 7.28. The van der Waals surface area contributed by atoms with Crippen molar-refractivity contribution in [2.45, 2.75) is 19.3 Å². The van der Waals surface area contributed by atoms with Gasteiger partial charge in [0.2, 0.25) is 0 Å². The van der Waals surface area contributed by atoms with E-state index in [4.69, 9.17) is 4.74 Å². The van der Waals surface area contributed by atoms with Gasteiger partial charge in [-0.25, -0.2) is 0 Å². The lowest BCUT2D eigenvalue weighted by atomic mass is 10.1. The van der Waals surface area contributed by atoms with E-state index in [9.17, 15) is 18.0 Å². The number of methoxy groups -OCH3 is 1. The van der Waals surface area contributed by atoms with Gasteiger partial charge < -0.3 is 10.1 Å². The molecule has 23 heavy (non-hydrogen) atoms. The molecule has 0 saturated heterocycles. The first-order valence-corrected chi connectivity index (χ1v) is 6.92. The summed E-state index contributed by atoms with van der Waals surface area (Å²) in [4.78, 5) is 12.1. The van der Waals surface area contributed by atoms with Crippen molar-refractivity contribution in [3.8, 4) is 0 Å². The Bertz CT molecular complexity index is 666. The number of hydrogen-bond acceptors (Lipinski definition) is 2. The monoisotopic (exact) mass is 323 g/mol. The summed E-state index contributed by atoms with van der Waals surface area (Å²) < 4.78 is 42.4. The number of hydrogen-bond donors (Lipinski definition) is 1. The van der Waals surface area contributed by atoms with Crippen LogP contribution in [-0.4, -0.2) is 13.0 Å². The van der Waals surface area contributed by atoms with E-state index in [1.807, 2.05) is 6.07 Å². The van der Waals surface area contributed by atoms with Gasteiger partial charge in [-0.2, -0.15) is 13.2 Å². The second-order valence-electron chi connectivity index (χ2n) is 5.01. The largest absolute Gasteiger partial charge is 0.416 e. The summed E-state index contributed by atoms with van der Waals surface area (Å²) in [6, 6.07) is 11.7. The van der Waals surface area contributed by atoms with E-state index >= 15 is 0 Å². The third kappa shape index (κ3) is 4.82. The van der Waals surface area contributed by atoms with Gasteiger partial charge in [-0.05, 0) is 35.4 Å². The first-order valence-electron chi connectivity index (χ1n) is 6.92. The summed E-state index contributed by atoms with van der Waals surface area (Å²) in [5, 5.41) is 2.68. The molecule has 0 aliphatic rings. The highest BCUT2D eigenvalue weighted by Crippen LogP contribution is 2.29. The Kier molecular flexibility index (Phi) is 5.39. The van der Waals surface area contributed by atoms with Gasteiger partial charge in [-0.15, -0.1) is 0 Å². The van der Waals surface area contributed by atoms with E-state index < -0.39 is 11.7 Å². The fraction of sp³-hybridized carbons (Fsp3) is 0.235. The van der Waals surface area contributed by atoms with Gasteiger partial charge in [0, 0.05) is 19.2 Å². The molecular formula is C17H16F3NO2. The topological polar surface area (TPSA) is 38.3 Å². The number of rotatable bonds is 5. The quantitative estimate of drug-likeness (QED) is 0.909. The van der Waals surface area contributed by atoms with Crippen LogP contribution in [0, 0.1) is 0 Å². The number of ether oxygens (including phenoxy) is 1. The zero-order valence-corrected chi connectivity index (χ0v) is 12.5. The summed E-state index contributed by atoms with van der Waals surface area (Å²) in [6.45, 7) is 0.561. The summed E-state index contributed by atoms with van der Waals surface area (Å²) in [5.41, 5.74) is 1.24. The summed E-state index contributed by atoms with van der Waals surface area (Å²) in [7, 11) is 1.57. The minimum Gasteiger partial charge on any atom is -0.380 e. The molecule has 0 atom stereocenters. The fourth-order valence-electron chi connectivity index (χ4n) is 2.07. The maximum absolute atomic E-state index is 12.5. The molecule has 0 unspecified atom stereocenters. The Balaban J connectivity index is 1.97. The number of carbonyl (C=O) groups is 1. The van der Waals surface area contributed by atoms with Crippen molar-refractivity contribution < 1.29 is 22.7 Å². The van der Waals surface area contributed by atoms with Crippen molar-refractivity contribution in [3.63, 3.8) is 0 Å². The van der Waals surface area contributed by atoms with Crippen LogP contribution in [0.2, 0.25) is 0 Å². The lowest BCUT2D eigenvalue weighted by molar-refractivity contribution is -0.137. The fourth-order valence-corrected chi connectivity index (χ4v) is 2.07. The Morgan fingerprint density at radius 3 is 2.39 bits per heavy atom. The van der Waals surface area contributed by atoms with Crippen LogP contribution < -0.4 is 5.32 Å². The van der Waals surface area contributed by atoms with Crippen LogP contribution in [0.4, 0.5) is 13.2 Å². The van der Waals surface area contributed by atoms with Crippen molar-refractivity contribution >= 4 is 5.91 Å². The minimum atomic E-state index is -4.36. The normalized spacial score (nSPS) is 11.3. The molecule has 0 radical (unpaired) electrons. The Hall–Kier alpha value is -2.34. The van der Waals surface area contributed by atoms with Gasteiger partial charge >= 0.3 is 6.18 Å². The van der Waals surface area contributed by atoms with Crippen LogP contribution in [0.3, 0.4) is 0 Å². The van der Waals surface area contributed by atoms with Crippen LogP contribution in [-0.2, 0) is 24.1 Å². The summed E-state index contributed by atoms with van der Waals surface area (Å²) in [6.07, 6.45) is -4.36. The molecule has 3 nitrogen and oxygen atoms in total. The minimum absolute atomic E-state index is 0.158. The van der Waals surface area contributed by atoms with Gasteiger partial charge in [0.25, 0.3) is 5.91 Å². The van der Waals surface area contributed by atoms with Crippen molar-refractivity contribution in [2.75, 3.05) is 7.11 Å². The van der Waals surface area contributed by atoms with Crippen LogP contribution >= 0.6 is 0 Å². The molecule has 0 aliphatic heterocycles. The lowest BCUT2D eigenvalue weighted by Crippen LogP contribution is -2.23. The van der Waals surface area contributed by atoms with Gasteiger partial charge in [0.15, 0.2) is 0 Å². The lowest BCUT2D eigenvalue weighted by Gasteiger charge is -2.09. The van der Waals surface area contributed by atoms with E-state index in [1.54, 1.807) is 25.3 Å². The molecule has 6 heteroatoms. The van der Waals surface area contributed by atoms with Crippen LogP contribution in [0.15, 0.2) is 48.5 Å². The molecule has 1 amide bonds. The predicted octanol–water partition coefficient (Wildman–Crippen LogP) is 3.78. The van der Waals surface area contributed by atoms with Crippen molar-refractivity contribution in [1.29, 1.82) is 0 Å². The highest BCUT2D eigenvalue weighted by Gasteiger charge is 2.29. The van der Waals surface area contributed by atoms with Gasteiger partial charge in [-0.1, -0.05) is 24.3 Å². The molecule has 0 aliphatic carbocycles. The number of carbonyl (C=O) groups excluding carboxylic acids is 1. The number of nitrogens with one attached hydrogen (secondary N) is 1. The Morgan fingerprint density at radius 2 is 1.78 bits per heavy atom. The molecule has 2 aromatic carbocycles. The number of alkyl halides is 3. The Labute approximate surface area is 132 Å². The van der Waals surface area contributed by atoms with Crippen LogP contribution in [0.25, 0.3) is 0 Å². The molecule has 0 aromatic heterocycles. The maximum atomic E-state index is 12.5. The van der Waals surface area contributed by atoms with Gasteiger partial charge in [0.05, 0.1) is 12.2 Å². The van der Waals surface area contributed by atoms with Gasteiger partial charge in [-0.3, -0.25) is 4.79 Å². The van der Waals surface area contributed by atoms with Crippen molar-refractivity contribution in [1.82, 2.24) is 5.32 Å².